The molecule has 0 saturated heterocycles. The summed E-state index contributed by atoms with van der Waals surface area (Å²) >= 11 is 0. The molecule has 0 heterocycles. The van der Waals surface area contributed by atoms with Crippen molar-refractivity contribution in [1.82, 2.24) is 0 Å². The standard InChI is InChI=1S/C19H22O3/c20-13-7-12-19(22-15-18-10-5-2-6-11-18)16-21-14-17-8-3-1-4-9-17/h1-12,19-20H,13-16H2/b12-7-/t19-/m0/s1. The molecule has 2 aromatic carbocycles. The normalized spacial score (nSPS) is 12.6. The molecule has 1 atom stereocenters. The van der Waals surface area contributed by atoms with Crippen molar-refractivity contribution in [2.24, 2.45) is 0 Å². The quantitative estimate of drug-likeness (QED) is 0.722. The van der Waals surface area contributed by atoms with Crippen LogP contribution in [0, 0.1) is 0 Å². The Morgan fingerprint density at radius 3 is 2.05 bits per heavy atom. The van der Waals surface area contributed by atoms with E-state index in [0.717, 1.165) is 11.1 Å². The van der Waals surface area contributed by atoms with Crippen molar-refractivity contribution in [3.05, 3.63) is 83.9 Å². The van der Waals surface area contributed by atoms with Gasteiger partial charge in [-0.05, 0) is 11.1 Å². The molecule has 0 aliphatic carbocycles. The van der Waals surface area contributed by atoms with Crippen molar-refractivity contribution in [2.75, 3.05) is 13.2 Å². The van der Waals surface area contributed by atoms with Crippen molar-refractivity contribution >= 4 is 0 Å². The Labute approximate surface area is 131 Å². The summed E-state index contributed by atoms with van der Waals surface area (Å²) in [5.41, 5.74) is 2.25. The van der Waals surface area contributed by atoms with E-state index in [1.807, 2.05) is 66.7 Å². The van der Waals surface area contributed by atoms with Gasteiger partial charge in [0.2, 0.25) is 0 Å². The Kier molecular flexibility index (Phi) is 7.39. The van der Waals surface area contributed by atoms with E-state index < -0.39 is 0 Å². The molecule has 0 amide bonds. The third kappa shape index (κ3) is 6.22. The topological polar surface area (TPSA) is 38.7 Å². The van der Waals surface area contributed by atoms with Crippen LogP contribution in [0.3, 0.4) is 0 Å². The third-order valence-corrected chi connectivity index (χ3v) is 3.16. The van der Waals surface area contributed by atoms with E-state index in [2.05, 4.69) is 0 Å². The Morgan fingerprint density at radius 2 is 1.45 bits per heavy atom. The van der Waals surface area contributed by atoms with Crippen LogP contribution < -0.4 is 0 Å². The SMILES string of the molecule is OC/C=C\[C@@H](COCc1ccccc1)OCc1ccccc1. The van der Waals surface area contributed by atoms with Crippen molar-refractivity contribution in [3.63, 3.8) is 0 Å². The number of ether oxygens (including phenoxy) is 2. The first kappa shape index (κ1) is 16.4. The smallest absolute Gasteiger partial charge is 0.0994 e. The highest BCUT2D eigenvalue weighted by Gasteiger charge is 2.06. The van der Waals surface area contributed by atoms with Crippen LogP contribution in [-0.2, 0) is 22.7 Å². The molecule has 2 aromatic rings. The third-order valence-electron chi connectivity index (χ3n) is 3.16. The summed E-state index contributed by atoms with van der Waals surface area (Å²) in [6, 6.07) is 20.0. The molecule has 0 fully saturated rings. The molecule has 1 N–H and O–H groups in total. The number of benzene rings is 2. The minimum absolute atomic E-state index is 0.00385. The molecule has 3 heteroatoms. The first-order valence-electron chi connectivity index (χ1n) is 7.43. The van der Waals surface area contributed by atoms with Crippen LogP contribution >= 0.6 is 0 Å². The van der Waals surface area contributed by atoms with Crippen molar-refractivity contribution in [1.29, 1.82) is 0 Å². The zero-order valence-electron chi connectivity index (χ0n) is 12.6. The Morgan fingerprint density at radius 1 is 0.864 bits per heavy atom. The van der Waals surface area contributed by atoms with Gasteiger partial charge in [0.05, 0.1) is 32.5 Å². The maximum Gasteiger partial charge on any atom is 0.0994 e. The van der Waals surface area contributed by atoms with Crippen molar-refractivity contribution in [2.45, 2.75) is 19.3 Å². The lowest BCUT2D eigenvalue weighted by Crippen LogP contribution is -2.17. The molecule has 22 heavy (non-hydrogen) atoms. The van der Waals surface area contributed by atoms with Crippen LogP contribution in [0.25, 0.3) is 0 Å². The van der Waals surface area contributed by atoms with Crippen LogP contribution in [0.15, 0.2) is 72.8 Å². The number of aliphatic hydroxyl groups is 1. The fourth-order valence-electron chi connectivity index (χ4n) is 2.02. The molecule has 3 nitrogen and oxygen atoms in total. The predicted molar refractivity (Wildman–Crippen MR) is 87.3 cm³/mol. The average molecular weight is 298 g/mol. The zero-order valence-corrected chi connectivity index (χ0v) is 12.6. The van der Waals surface area contributed by atoms with E-state index in [0.29, 0.717) is 19.8 Å². The lowest BCUT2D eigenvalue weighted by atomic mass is 10.2. The van der Waals surface area contributed by atoms with E-state index in [9.17, 15) is 0 Å². The van der Waals surface area contributed by atoms with Gasteiger partial charge in [-0.1, -0.05) is 72.8 Å². The highest BCUT2D eigenvalue weighted by Crippen LogP contribution is 2.07. The number of rotatable bonds is 9. The zero-order chi connectivity index (χ0) is 15.5. The van der Waals surface area contributed by atoms with Gasteiger partial charge >= 0.3 is 0 Å². The summed E-state index contributed by atoms with van der Waals surface area (Å²) in [5, 5.41) is 8.92. The van der Waals surface area contributed by atoms with E-state index in [1.54, 1.807) is 6.08 Å². The van der Waals surface area contributed by atoms with Crippen LogP contribution in [-0.4, -0.2) is 24.4 Å². The van der Waals surface area contributed by atoms with Crippen LogP contribution in [0.1, 0.15) is 11.1 Å². The molecule has 0 radical (unpaired) electrons. The maximum atomic E-state index is 8.92. The van der Waals surface area contributed by atoms with Gasteiger partial charge in [0.25, 0.3) is 0 Å². The summed E-state index contributed by atoms with van der Waals surface area (Å²) in [6.45, 7) is 1.54. The Hall–Kier alpha value is -1.94. The second-order valence-corrected chi connectivity index (χ2v) is 4.95. The fraction of sp³-hybridized carbons (Fsp3) is 0.263. The monoisotopic (exact) mass is 298 g/mol. The second kappa shape index (κ2) is 9.90. The first-order chi connectivity index (χ1) is 10.9. The highest BCUT2D eigenvalue weighted by molar-refractivity contribution is 5.14. The van der Waals surface area contributed by atoms with Gasteiger partial charge in [-0.3, -0.25) is 0 Å². The molecule has 0 bridgehead atoms. The Balaban J connectivity index is 1.79. The summed E-state index contributed by atoms with van der Waals surface area (Å²) in [7, 11) is 0. The van der Waals surface area contributed by atoms with Gasteiger partial charge < -0.3 is 14.6 Å². The summed E-state index contributed by atoms with van der Waals surface area (Å²) in [4.78, 5) is 0. The van der Waals surface area contributed by atoms with Crippen molar-refractivity contribution in [3.8, 4) is 0 Å². The van der Waals surface area contributed by atoms with E-state index >= 15 is 0 Å². The molecule has 0 aliphatic rings. The maximum absolute atomic E-state index is 8.92. The molecule has 0 aromatic heterocycles. The molecule has 2 rings (SSSR count). The lowest BCUT2D eigenvalue weighted by Gasteiger charge is -2.15. The molecule has 0 saturated carbocycles. The van der Waals surface area contributed by atoms with E-state index in [4.69, 9.17) is 14.6 Å². The molecular weight excluding hydrogens is 276 g/mol. The number of hydrogen-bond donors (Lipinski definition) is 1. The first-order valence-corrected chi connectivity index (χ1v) is 7.43. The molecular formula is C19H22O3. The largest absolute Gasteiger partial charge is 0.392 e. The minimum Gasteiger partial charge on any atom is -0.392 e. The van der Waals surface area contributed by atoms with Gasteiger partial charge in [-0.25, -0.2) is 0 Å². The minimum atomic E-state index is -0.170. The summed E-state index contributed by atoms with van der Waals surface area (Å²) < 4.78 is 11.6. The highest BCUT2D eigenvalue weighted by atomic mass is 16.5. The summed E-state index contributed by atoms with van der Waals surface area (Å²) in [6.07, 6.45) is 3.35. The van der Waals surface area contributed by atoms with Gasteiger partial charge in [-0.15, -0.1) is 0 Å². The number of aliphatic hydroxyl groups excluding tert-OH is 1. The molecule has 116 valence electrons. The van der Waals surface area contributed by atoms with Gasteiger partial charge in [0, 0.05) is 0 Å². The second-order valence-electron chi connectivity index (χ2n) is 4.95. The van der Waals surface area contributed by atoms with Crippen LogP contribution in [0.4, 0.5) is 0 Å². The Bertz CT molecular complexity index is 537. The fourth-order valence-corrected chi connectivity index (χ4v) is 2.02. The molecule has 0 unspecified atom stereocenters. The van der Waals surface area contributed by atoms with Crippen molar-refractivity contribution < 1.29 is 14.6 Å². The van der Waals surface area contributed by atoms with E-state index in [-0.39, 0.29) is 12.7 Å². The molecule has 0 aliphatic heterocycles. The van der Waals surface area contributed by atoms with Gasteiger partial charge in [0.1, 0.15) is 0 Å². The molecule has 0 spiro atoms. The van der Waals surface area contributed by atoms with Gasteiger partial charge in [-0.2, -0.15) is 0 Å². The van der Waals surface area contributed by atoms with Crippen LogP contribution in [0.5, 0.6) is 0 Å². The lowest BCUT2D eigenvalue weighted by molar-refractivity contribution is -0.00549. The van der Waals surface area contributed by atoms with E-state index in [1.165, 1.54) is 0 Å². The van der Waals surface area contributed by atoms with Crippen LogP contribution in [0.2, 0.25) is 0 Å². The predicted octanol–water partition coefficient (Wildman–Crippen LogP) is 3.34. The number of hydrogen-bond acceptors (Lipinski definition) is 3. The van der Waals surface area contributed by atoms with Gasteiger partial charge in [0.15, 0.2) is 0 Å². The average Bonchev–Trinajstić information content (AvgIpc) is 2.58. The summed E-state index contributed by atoms with van der Waals surface area (Å²) in [5.74, 6) is 0.